The number of nitrogens with zero attached hydrogens (tertiary/aromatic N) is 1. The fraction of sp³-hybridized carbons (Fsp3) is 0.500. The van der Waals surface area contributed by atoms with Crippen molar-refractivity contribution in [3.63, 3.8) is 0 Å². The van der Waals surface area contributed by atoms with Crippen LogP contribution in [0.15, 0.2) is 6.07 Å². The van der Waals surface area contributed by atoms with E-state index in [0.29, 0.717) is 6.07 Å². The summed E-state index contributed by atoms with van der Waals surface area (Å²) in [5.74, 6) is -1.01. The van der Waals surface area contributed by atoms with Crippen molar-refractivity contribution in [3.8, 4) is 0 Å². The van der Waals surface area contributed by atoms with Crippen LogP contribution in [-0.4, -0.2) is 17.6 Å². The average Bonchev–Trinajstić information content (AvgIpc) is 2.29. The Morgan fingerprint density at radius 3 is 2.45 bits per heavy atom. The summed E-state index contributed by atoms with van der Waals surface area (Å²) in [5.41, 5.74) is -3.35. The van der Waals surface area contributed by atoms with Gasteiger partial charge in [0.25, 0.3) is 6.43 Å². The number of esters is 1. The normalized spacial score (nSPS) is 11.8. The maximum Gasteiger partial charge on any atom is 0.416 e. The topological polar surface area (TPSA) is 39.2 Å². The van der Waals surface area contributed by atoms with Crippen LogP contribution in [0.4, 0.5) is 22.0 Å². The predicted molar refractivity (Wildman–Crippen MR) is 59.3 cm³/mol. The van der Waals surface area contributed by atoms with Crippen LogP contribution in [-0.2, 0) is 22.1 Å². The number of aromatic nitrogens is 1. The third-order valence-corrected chi connectivity index (χ3v) is 2.42. The molecule has 0 aliphatic rings. The van der Waals surface area contributed by atoms with Gasteiger partial charge >= 0.3 is 12.1 Å². The quantitative estimate of drug-likeness (QED) is 0.631. The first kappa shape index (κ1) is 16.3. The standard InChI is InChI=1S/C12H12F5NO2/c1-3-20-9(19)5-7-8(12(15,16)17)4-6(2)18-10(7)11(13)14/h4,11H,3,5H2,1-2H3. The minimum absolute atomic E-state index is 0.0521. The second kappa shape index (κ2) is 6.15. The number of halogens is 5. The highest BCUT2D eigenvalue weighted by atomic mass is 19.4. The number of carbonyl (C=O) groups is 1. The van der Waals surface area contributed by atoms with Gasteiger partial charge in [-0.25, -0.2) is 8.78 Å². The average molecular weight is 297 g/mol. The number of ether oxygens (including phenoxy) is 1. The molecule has 0 unspecified atom stereocenters. The van der Waals surface area contributed by atoms with Crippen LogP contribution >= 0.6 is 0 Å². The Bertz CT molecular complexity index is 499. The lowest BCUT2D eigenvalue weighted by molar-refractivity contribution is -0.143. The molecule has 0 fully saturated rings. The summed E-state index contributed by atoms with van der Waals surface area (Å²) in [6, 6.07) is 0.639. The number of hydrogen-bond donors (Lipinski definition) is 0. The first-order valence-corrected chi connectivity index (χ1v) is 5.68. The smallest absolute Gasteiger partial charge is 0.416 e. The van der Waals surface area contributed by atoms with Crippen molar-refractivity contribution in [2.45, 2.75) is 32.9 Å². The minimum atomic E-state index is -4.85. The lowest BCUT2D eigenvalue weighted by atomic mass is 10.0. The Morgan fingerprint density at radius 2 is 2.00 bits per heavy atom. The van der Waals surface area contributed by atoms with E-state index in [1.165, 1.54) is 13.8 Å². The van der Waals surface area contributed by atoms with Gasteiger partial charge in [0.15, 0.2) is 0 Å². The zero-order valence-corrected chi connectivity index (χ0v) is 10.7. The summed E-state index contributed by atoms with van der Waals surface area (Å²) in [6.07, 6.45) is -8.95. The lowest BCUT2D eigenvalue weighted by Crippen LogP contribution is -2.18. The molecule has 1 aromatic rings. The molecule has 0 saturated heterocycles. The second-order valence-electron chi connectivity index (χ2n) is 3.96. The van der Waals surface area contributed by atoms with Gasteiger partial charge in [0.2, 0.25) is 0 Å². The van der Waals surface area contributed by atoms with E-state index in [1.807, 2.05) is 0 Å². The lowest BCUT2D eigenvalue weighted by Gasteiger charge is -2.16. The van der Waals surface area contributed by atoms with Gasteiger partial charge < -0.3 is 4.74 Å². The van der Waals surface area contributed by atoms with Crippen LogP contribution in [0.25, 0.3) is 0 Å². The summed E-state index contributed by atoms with van der Waals surface area (Å²) < 4.78 is 68.8. The molecule has 0 spiro atoms. The molecular formula is C12H12F5NO2. The Kier molecular flexibility index (Phi) is 5.02. The van der Waals surface area contributed by atoms with Gasteiger partial charge in [-0.1, -0.05) is 0 Å². The highest BCUT2D eigenvalue weighted by molar-refractivity contribution is 5.73. The Balaban J connectivity index is 3.38. The van der Waals surface area contributed by atoms with Crippen LogP contribution in [0.3, 0.4) is 0 Å². The highest BCUT2D eigenvalue weighted by Gasteiger charge is 2.37. The van der Waals surface area contributed by atoms with Gasteiger partial charge in [-0.15, -0.1) is 0 Å². The molecule has 0 amide bonds. The molecule has 0 atom stereocenters. The fourth-order valence-corrected chi connectivity index (χ4v) is 1.70. The minimum Gasteiger partial charge on any atom is -0.466 e. The third-order valence-electron chi connectivity index (χ3n) is 2.42. The zero-order valence-electron chi connectivity index (χ0n) is 10.7. The molecule has 0 aliphatic heterocycles. The van der Waals surface area contributed by atoms with E-state index in [-0.39, 0.29) is 12.3 Å². The molecule has 1 heterocycles. The fourth-order valence-electron chi connectivity index (χ4n) is 1.70. The van der Waals surface area contributed by atoms with Crippen LogP contribution < -0.4 is 0 Å². The van der Waals surface area contributed by atoms with Gasteiger partial charge in [-0.2, -0.15) is 13.2 Å². The van der Waals surface area contributed by atoms with Gasteiger partial charge in [0.1, 0.15) is 5.69 Å². The predicted octanol–water partition coefficient (Wildman–Crippen LogP) is 3.45. The molecule has 0 N–H and O–H groups in total. The van der Waals surface area contributed by atoms with Crippen molar-refractivity contribution < 1.29 is 31.5 Å². The van der Waals surface area contributed by atoms with E-state index in [1.54, 1.807) is 0 Å². The summed E-state index contributed by atoms with van der Waals surface area (Å²) in [4.78, 5) is 14.7. The maximum absolute atomic E-state index is 12.9. The molecule has 1 aromatic heterocycles. The van der Waals surface area contributed by atoms with Crippen molar-refractivity contribution in [1.82, 2.24) is 4.98 Å². The Hall–Kier alpha value is -1.73. The van der Waals surface area contributed by atoms with E-state index in [2.05, 4.69) is 9.72 Å². The summed E-state index contributed by atoms with van der Waals surface area (Å²) in [6.45, 7) is 2.59. The Morgan fingerprint density at radius 1 is 1.40 bits per heavy atom. The van der Waals surface area contributed by atoms with E-state index in [9.17, 15) is 26.7 Å². The molecule has 20 heavy (non-hydrogen) atoms. The summed E-state index contributed by atoms with van der Waals surface area (Å²) in [5, 5.41) is 0. The first-order chi connectivity index (χ1) is 9.16. The molecule has 0 aliphatic carbocycles. The van der Waals surface area contributed by atoms with Gasteiger partial charge in [0, 0.05) is 11.3 Å². The number of alkyl halides is 5. The summed E-state index contributed by atoms with van der Waals surface area (Å²) in [7, 11) is 0. The van der Waals surface area contributed by atoms with Crippen molar-refractivity contribution in [1.29, 1.82) is 0 Å². The zero-order chi connectivity index (χ0) is 15.5. The van der Waals surface area contributed by atoms with Crippen molar-refractivity contribution in [3.05, 3.63) is 28.6 Å². The van der Waals surface area contributed by atoms with Gasteiger partial charge in [0.05, 0.1) is 18.6 Å². The number of aryl methyl sites for hydroxylation is 1. The molecule has 0 bridgehead atoms. The molecule has 0 saturated carbocycles. The molecule has 0 aromatic carbocycles. The van der Waals surface area contributed by atoms with E-state index in [0.717, 1.165) is 0 Å². The maximum atomic E-state index is 12.9. The molecule has 3 nitrogen and oxygen atoms in total. The van der Waals surface area contributed by atoms with Crippen LogP contribution in [0.2, 0.25) is 0 Å². The van der Waals surface area contributed by atoms with E-state index in [4.69, 9.17) is 0 Å². The van der Waals surface area contributed by atoms with Crippen LogP contribution in [0, 0.1) is 6.92 Å². The molecule has 1 rings (SSSR count). The molecule has 0 radical (unpaired) electrons. The van der Waals surface area contributed by atoms with Crippen molar-refractivity contribution in [2.75, 3.05) is 6.61 Å². The van der Waals surface area contributed by atoms with Crippen LogP contribution in [0.5, 0.6) is 0 Å². The first-order valence-electron chi connectivity index (χ1n) is 5.68. The van der Waals surface area contributed by atoms with Gasteiger partial charge in [-0.3, -0.25) is 9.78 Å². The van der Waals surface area contributed by atoms with E-state index < -0.39 is 41.8 Å². The second-order valence-corrected chi connectivity index (χ2v) is 3.96. The number of pyridine rings is 1. The van der Waals surface area contributed by atoms with Gasteiger partial charge in [-0.05, 0) is 19.9 Å². The monoisotopic (exact) mass is 297 g/mol. The van der Waals surface area contributed by atoms with E-state index >= 15 is 0 Å². The molecule has 8 heteroatoms. The van der Waals surface area contributed by atoms with Crippen molar-refractivity contribution >= 4 is 5.97 Å². The highest BCUT2D eigenvalue weighted by Crippen LogP contribution is 2.36. The molecule has 112 valence electrons. The van der Waals surface area contributed by atoms with Crippen LogP contribution in [0.1, 0.15) is 35.9 Å². The number of carbonyl (C=O) groups excluding carboxylic acids is 1. The third kappa shape index (κ3) is 3.88. The largest absolute Gasteiger partial charge is 0.466 e. The van der Waals surface area contributed by atoms with Crippen molar-refractivity contribution in [2.24, 2.45) is 0 Å². The Labute approximate surface area is 111 Å². The number of hydrogen-bond acceptors (Lipinski definition) is 3. The number of rotatable bonds is 4. The summed E-state index contributed by atoms with van der Waals surface area (Å²) >= 11 is 0. The molecular weight excluding hydrogens is 285 g/mol. The SMILES string of the molecule is CCOC(=O)Cc1c(C(F)(F)F)cc(C)nc1C(F)F.